The summed E-state index contributed by atoms with van der Waals surface area (Å²) in [6.45, 7) is 3.78. The second-order valence-corrected chi connectivity index (χ2v) is 12.2. The standard InChI is InChI=1S/C32H36F3N9O2/c1-41-13-15-42(16-14-41)24-11-9-23(10-12-24)38-31(45)37-22-7-5-21(6-8-22)28-39-29-27(17-36-43(29)20-32(33,34)35)30(40-28)44-25-3-2-4-26(44)19-46-18-25/h5-12,17,25-26H,2-4,13-16,18-20H2,1H3,(H2,37,38,45). The van der Waals surface area contributed by atoms with E-state index >= 15 is 0 Å². The van der Waals surface area contributed by atoms with Gasteiger partial charge in [-0.15, -0.1) is 0 Å². The van der Waals surface area contributed by atoms with E-state index in [1.807, 2.05) is 24.3 Å². The number of piperazine rings is 1. The minimum Gasteiger partial charge on any atom is -0.377 e. The van der Waals surface area contributed by atoms with E-state index in [1.54, 1.807) is 24.3 Å². The first-order valence-corrected chi connectivity index (χ1v) is 15.6. The van der Waals surface area contributed by atoms with Crippen molar-refractivity contribution < 1.29 is 22.7 Å². The molecule has 2 atom stereocenters. The van der Waals surface area contributed by atoms with Gasteiger partial charge in [-0.25, -0.2) is 19.4 Å². The molecule has 2 bridgehead atoms. The fourth-order valence-corrected chi connectivity index (χ4v) is 6.55. The van der Waals surface area contributed by atoms with Crippen LogP contribution >= 0.6 is 0 Å². The highest BCUT2D eigenvalue weighted by Crippen LogP contribution is 2.37. The van der Waals surface area contributed by atoms with Gasteiger partial charge in [-0.3, -0.25) is 0 Å². The van der Waals surface area contributed by atoms with Crippen LogP contribution in [0.25, 0.3) is 22.4 Å². The Morgan fingerprint density at radius 3 is 2.17 bits per heavy atom. The highest BCUT2D eigenvalue weighted by molar-refractivity contribution is 6.00. The van der Waals surface area contributed by atoms with Crippen LogP contribution in [0, 0.1) is 0 Å². The molecule has 14 heteroatoms. The molecule has 0 spiro atoms. The number of ether oxygens (including phenoxy) is 1. The maximum absolute atomic E-state index is 13.4. The molecule has 5 heterocycles. The van der Waals surface area contributed by atoms with Crippen molar-refractivity contribution in [1.29, 1.82) is 0 Å². The first kappa shape index (κ1) is 30.2. The van der Waals surface area contributed by atoms with E-state index < -0.39 is 18.8 Å². The first-order valence-electron chi connectivity index (χ1n) is 15.6. The van der Waals surface area contributed by atoms with Gasteiger partial charge in [0, 0.05) is 48.8 Å². The molecule has 11 nitrogen and oxygen atoms in total. The third-order valence-electron chi connectivity index (χ3n) is 8.93. The molecule has 7 rings (SSSR count). The number of piperidine rings is 1. The minimum absolute atomic E-state index is 0.0810. The third kappa shape index (κ3) is 6.44. The summed E-state index contributed by atoms with van der Waals surface area (Å²) in [5.74, 6) is 0.860. The Morgan fingerprint density at radius 2 is 1.54 bits per heavy atom. The lowest BCUT2D eigenvalue weighted by Gasteiger charge is -2.46. The molecule has 0 radical (unpaired) electrons. The first-order chi connectivity index (χ1) is 22.2. The molecule has 2 N–H and O–H groups in total. The zero-order valence-electron chi connectivity index (χ0n) is 25.5. The maximum Gasteiger partial charge on any atom is 0.408 e. The molecule has 2 aromatic heterocycles. The number of amides is 2. The van der Waals surface area contributed by atoms with Gasteiger partial charge >= 0.3 is 12.2 Å². The van der Waals surface area contributed by atoms with Crippen molar-refractivity contribution in [1.82, 2.24) is 24.6 Å². The number of nitrogens with zero attached hydrogens (tertiary/aromatic N) is 7. The van der Waals surface area contributed by atoms with Crippen molar-refractivity contribution in [3.05, 3.63) is 54.7 Å². The van der Waals surface area contributed by atoms with E-state index in [-0.39, 0.29) is 23.6 Å². The van der Waals surface area contributed by atoms with Gasteiger partial charge in [0.15, 0.2) is 11.5 Å². The van der Waals surface area contributed by atoms with E-state index in [0.717, 1.165) is 55.8 Å². The molecule has 0 aliphatic carbocycles. The number of benzene rings is 2. The summed E-state index contributed by atoms with van der Waals surface area (Å²) in [5.41, 5.74) is 3.07. The number of fused-ring (bicyclic) bond motifs is 3. The van der Waals surface area contributed by atoms with Gasteiger partial charge in [0.1, 0.15) is 12.4 Å². The smallest absolute Gasteiger partial charge is 0.377 e. The number of morpholine rings is 1. The molecule has 2 aromatic carbocycles. The average molecular weight is 636 g/mol. The molecule has 3 fully saturated rings. The monoisotopic (exact) mass is 635 g/mol. The second kappa shape index (κ2) is 12.4. The highest BCUT2D eigenvalue weighted by atomic mass is 19.4. The molecular weight excluding hydrogens is 599 g/mol. The summed E-state index contributed by atoms with van der Waals surface area (Å²) in [4.78, 5) is 29.0. The normalized spacial score (nSPS) is 20.6. The number of carbonyl (C=O) groups is 1. The molecule has 3 saturated heterocycles. The molecule has 3 aliphatic rings. The fraction of sp³-hybridized carbons (Fsp3) is 0.438. The van der Waals surface area contributed by atoms with E-state index in [9.17, 15) is 18.0 Å². The number of likely N-dealkylation sites (N-methyl/N-ethyl adjacent to an activating group) is 1. The highest BCUT2D eigenvalue weighted by Gasteiger charge is 2.38. The molecule has 242 valence electrons. The molecule has 3 aliphatic heterocycles. The van der Waals surface area contributed by atoms with E-state index in [2.05, 4.69) is 42.5 Å². The Balaban J connectivity index is 1.09. The minimum atomic E-state index is -4.46. The molecule has 46 heavy (non-hydrogen) atoms. The molecular formula is C32H36F3N9O2. The third-order valence-corrected chi connectivity index (χ3v) is 8.93. The predicted octanol–water partition coefficient (Wildman–Crippen LogP) is 5.21. The maximum atomic E-state index is 13.4. The van der Waals surface area contributed by atoms with Gasteiger partial charge in [0.05, 0.1) is 36.9 Å². The quantitative estimate of drug-likeness (QED) is 0.298. The van der Waals surface area contributed by atoms with Crippen LogP contribution in [0.4, 0.5) is 40.8 Å². The number of hydrogen-bond acceptors (Lipinski definition) is 8. The van der Waals surface area contributed by atoms with Crippen molar-refractivity contribution in [2.75, 3.05) is 66.9 Å². The number of halogens is 3. The van der Waals surface area contributed by atoms with E-state index in [1.165, 1.54) is 6.20 Å². The van der Waals surface area contributed by atoms with Gasteiger partial charge in [-0.2, -0.15) is 18.3 Å². The zero-order valence-corrected chi connectivity index (χ0v) is 25.5. The summed E-state index contributed by atoms with van der Waals surface area (Å²) in [7, 11) is 2.12. The summed E-state index contributed by atoms with van der Waals surface area (Å²) >= 11 is 0. The number of carbonyl (C=O) groups excluding carboxylic acids is 1. The number of urea groups is 1. The van der Waals surface area contributed by atoms with Crippen LogP contribution in [0.2, 0.25) is 0 Å². The summed E-state index contributed by atoms with van der Waals surface area (Å²) in [6.07, 6.45) is -0.140. The number of nitrogens with one attached hydrogen (secondary N) is 2. The van der Waals surface area contributed by atoms with Crippen LogP contribution < -0.4 is 20.4 Å². The SMILES string of the molecule is CN1CCN(c2ccc(NC(=O)Nc3ccc(-c4nc(N5C6CCCC5COC6)c5cnn(CC(F)(F)F)c5n4)cc3)cc2)CC1. The van der Waals surface area contributed by atoms with Crippen molar-refractivity contribution in [2.24, 2.45) is 0 Å². The molecule has 2 unspecified atom stereocenters. The topological polar surface area (TPSA) is 104 Å². The van der Waals surface area contributed by atoms with Crippen molar-refractivity contribution >= 4 is 39.9 Å². The number of alkyl halides is 3. The number of hydrogen-bond donors (Lipinski definition) is 2. The summed E-state index contributed by atoms with van der Waals surface area (Å²) in [6, 6.07) is 14.5. The van der Waals surface area contributed by atoms with Crippen molar-refractivity contribution in [3.63, 3.8) is 0 Å². The largest absolute Gasteiger partial charge is 0.408 e. The average Bonchev–Trinajstić information content (AvgIpc) is 3.42. The Kier molecular flexibility index (Phi) is 8.15. The van der Waals surface area contributed by atoms with Crippen molar-refractivity contribution in [2.45, 2.75) is 44.1 Å². The second-order valence-electron chi connectivity index (χ2n) is 12.2. The Hall–Kier alpha value is -4.43. The summed E-state index contributed by atoms with van der Waals surface area (Å²) in [5, 5.41) is 10.2. The number of anilines is 4. The Morgan fingerprint density at radius 1 is 0.913 bits per heavy atom. The van der Waals surface area contributed by atoms with Gasteiger partial charge in [-0.1, -0.05) is 0 Å². The molecule has 2 amide bonds. The lowest BCUT2D eigenvalue weighted by atomic mass is 9.94. The Bertz CT molecular complexity index is 1660. The molecule has 4 aromatic rings. The lowest BCUT2D eigenvalue weighted by molar-refractivity contribution is -0.141. The molecule has 0 saturated carbocycles. The van der Waals surface area contributed by atoms with Crippen LogP contribution in [0.15, 0.2) is 54.7 Å². The number of rotatable bonds is 6. The van der Waals surface area contributed by atoms with Crippen molar-refractivity contribution in [3.8, 4) is 11.4 Å². The van der Waals surface area contributed by atoms with Crippen LogP contribution in [-0.4, -0.2) is 95.4 Å². The van der Waals surface area contributed by atoms with Crippen LogP contribution in [0.5, 0.6) is 0 Å². The van der Waals surface area contributed by atoms with Crippen LogP contribution in [0.1, 0.15) is 19.3 Å². The van der Waals surface area contributed by atoms with Crippen LogP contribution in [0.3, 0.4) is 0 Å². The van der Waals surface area contributed by atoms with E-state index in [0.29, 0.717) is 41.4 Å². The Labute approximate surface area is 264 Å². The lowest BCUT2D eigenvalue weighted by Crippen LogP contribution is -2.55. The van der Waals surface area contributed by atoms with E-state index in [4.69, 9.17) is 9.72 Å². The van der Waals surface area contributed by atoms with Gasteiger partial charge < -0.3 is 30.1 Å². The van der Waals surface area contributed by atoms with Gasteiger partial charge in [0.2, 0.25) is 0 Å². The predicted molar refractivity (Wildman–Crippen MR) is 170 cm³/mol. The zero-order chi connectivity index (χ0) is 31.8. The fourth-order valence-electron chi connectivity index (χ4n) is 6.55. The number of aromatic nitrogens is 4. The van der Waals surface area contributed by atoms with Gasteiger partial charge in [0.25, 0.3) is 0 Å². The van der Waals surface area contributed by atoms with Crippen LogP contribution in [-0.2, 0) is 11.3 Å². The van der Waals surface area contributed by atoms with Gasteiger partial charge in [-0.05, 0) is 74.8 Å². The summed E-state index contributed by atoms with van der Waals surface area (Å²) < 4.78 is 47.0.